The average molecular weight is 348 g/mol. The van der Waals surface area contributed by atoms with E-state index in [0.717, 1.165) is 5.56 Å². The summed E-state index contributed by atoms with van der Waals surface area (Å²) in [5, 5.41) is 14.4. The molecule has 0 atom stereocenters. The number of carbonyl (C=O) groups is 1. The van der Waals surface area contributed by atoms with E-state index in [1.54, 1.807) is 30.3 Å². The minimum Gasteiger partial charge on any atom is -0.409 e. The molecule has 0 aliphatic rings. The van der Waals surface area contributed by atoms with Crippen molar-refractivity contribution in [3.05, 3.63) is 63.6 Å². The van der Waals surface area contributed by atoms with Gasteiger partial charge in [-0.05, 0) is 53.2 Å². The van der Waals surface area contributed by atoms with E-state index in [1.807, 2.05) is 19.1 Å². The van der Waals surface area contributed by atoms with Crippen LogP contribution in [0.5, 0.6) is 0 Å². The van der Waals surface area contributed by atoms with Gasteiger partial charge in [-0.25, -0.2) is 0 Å². The molecule has 0 heterocycles. The lowest BCUT2D eigenvalue weighted by Crippen LogP contribution is -2.15. The number of halogens is 1. The van der Waals surface area contributed by atoms with Crippen LogP contribution in [0.2, 0.25) is 0 Å². The van der Waals surface area contributed by atoms with Gasteiger partial charge >= 0.3 is 0 Å². The molecule has 0 bridgehead atoms. The van der Waals surface area contributed by atoms with Gasteiger partial charge in [-0.1, -0.05) is 22.9 Å². The number of oxime groups is 1. The predicted molar refractivity (Wildman–Crippen MR) is 85.8 cm³/mol. The Kier molecular flexibility index (Phi) is 4.59. The number of carbonyl (C=O) groups excluding carboxylic acids is 1. The first kappa shape index (κ1) is 15.1. The Bertz CT molecular complexity index is 697. The number of benzene rings is 2. The summed E-state index contributed by atoms with van der Waals surface area (Å²) < 4.78 is 0.645. The van der Waals surface area contributed by atoms with Crippen molar-refractivity contribution in [2.45, 2.75) is 6.92 Å². The SMILES string of the molecule is Cc1ccc(C(=O)Nc2ccc(/C(N)=N/O)cc2Br)cc1. The molecule has 1 amide bonds. The fourth-order valence-corrected chi connectivity index (χ4v) is 2.21. The summed E-state index contributed by atoms with van der Waals surface area (Å²) >= 11 is 3.35. The minimum absolute atomic E-state index is 0.00658. The molecule has 108 valence electrons. The summed E-state index contributed by atoms with van der Waals surface area (Å²) in [5.41, 5.74) is 8.34. The van der Waals surface area contributed by atoms with Gasteiger partial charge in [0.05, 0.1) is 5.69 Å². The van der Waals surface area contributed by atoms with Crippen LogP contribution in [0.15, 0.2) is 52.1 Å². The second-order valence-electron chi connectivity index (χ2n) is 4.50. The number of nitrogens with zero attached hydrogens (tertiary/aromatic N) is 1. The third-order valence-corrected chi connectivity index (χ3v) is 3.59. The van der Waals surface area contributed by atoms with Gasteiger partial charge in [0.25, 0.3) is 5.91 Å². The van der Waals surface area contributed by atoms with E-state index in [4.69, 9.17) is 10.9 Å². The van der Waals surface area contributed by atoms with Gasteiger partial charge in [-0.2, -0.15) is 0 Å². The highest BCUT2D eigenvalue weighted by Crippen LogP contribution is 2.24. The molecule has 0 saturated carbocycles. The third-order valence-electron chi connectivity index (χ3n) is 2.93. The van der Waals surface area contributed by atoms with E-state index in [0.29, 0.717) is 21.3 Å². The van der Waals surface area contributed by atoms with Crippen molar-refractivity contribution in [1.29, 1.82) is 0 Å². The monoisotopic (exact) mass is 347 g/mol. The number of nitrogens with one attached hydrogen (secondary N) is 1. The van der Waals surface area contributed by atoms with Gasteiger partial charge in [0, 0.05) is 15.6 Å². The number of anilines is 1. The molecule has 0 spiro atoms. The van der Waals surface area contributed by atoms with E-state index in [9.17, 15) is 4.79 Å². The summed E-state index contributed by atoms with van der Waals surface area (Å²) in [6.45, 7) is 1.96. The van der Waals surface area contributed by atoms with Gasteiger partial charge < -0.3 is 16.3 Å². The highest BCUT2D eigenvalue weighted by molar-refractivity contribution is 9.10. The molecule has 0 fully saturated rings. The highest BCUT2D eigenvalue weighted by Gasteiger charge is 2.09. The molecular weight excluding hydrogens is 334 g/mol. The highest BCUT2D eigenvalue weighted by atomic mass is 79.9. The van der Waals surface area contributed by atoms with Gasteiger partial charge in [0.2, 0.25) is 0 Å². The van der Waals surface area contributed by atoms with Gasteiger partial charge in [-0.15, -0.1) is 0 Å². The second-order valence-corrected chi connectivity index (χ2v) is 5.35. The number of hydrogen-bond donors (Lipinski definition) is 3. The Hall–Kier alpha value is -2.34. The van der Waals surface area contributed by atoms with Crippen molar-refractivity contribution in [3.8, 4) is 0 Å². The van der Waals surface area contributed by atoms with E-state index in [-0.39, 0.29) is 11.7 Å². The lowest BCUT2D eigenvalue weighted by molar-refractivity contribution is 0.102. The van der Waals surface area contributed by atoms with E-state index in [2.05, 4.69) is 26.4 Å². The first-order valence-electron chi connectivity index (χ1n) is 6.16. The molecule has 0 aromatic heterocycles. The number of nitrogens with two attached hydrogens (primary N) is 1. The predicted octanol–water partition coefficient (Wildman–Crippen LogP) is 3.10. The Balaban J connectivity index is 2.20. The summed E-state index contributed by atoms with van der Waals surface area (Å²) in [7, 11) is 0. The number of hydrogen-bond acceptors (Lipinski definition) is 3. The molecule has 6 heteroatoms. The molecule has 0 unspecified atom stereocenters. The average Bonchev–Trinajstić information content (AvgIpc) is 2.49. The van der Waals surface area contributed by atoms with Crippen LogP contribution in [0.1, 0.15) is 21.5 Å². The molecule has 0 aliphatic heterocycles. The normalized spacial score (nSPS) is 11.2. The lowest BCUT2D eigenvalue weighted by Gasteiger charge is -2.09. The maximum atomic E-state index is 12.1. The summed E-state index contributed by atoms with van der Waals surface area (Å²) in [5.74, 6) is -0.195. The Morgan fingerprint density at radius 1 is 1.19 bits per heavy atom. The molecule has 0 radical (unpaired) electrons. The van der Waals surface area contributed by atoms with Crippen LogP contribution in [-0.4, -0.2) is 17.0 Å². The molecule has 5 nitrogen and oxygen atoms in total. The Morgan fingerprint density at radius 2 is 1.81 bits per heavy atom. The fraction of sp³-hybridized carbons (Fsp3) is 0.0667. The molecule has 21 heavy (non-hydrogen) atoms. The quantitative estimate of drug-likeness (QED) is 0.345. The van der Waals surface area contributed by atoms with Crippen LogP contribution in [0, 0.1) is 6.92 Å². The van der Waals surface area contributed by atoms with Gasteiger partial charge in [-0.3, -0.25) is 4.79 Å². The van der Waals surface area contributed by atoms with Crippen LogP contribution < -0.4 is 11.1 Å². The second kappa shape index (κ2) is 6.41. The molecule has 2 aromatic rings. The molecule has 0 saturated heterocycles. The number of rotatable bonds is 3. The lowest BCUT2D eigenvalue weighted by atomic mass is 10.1. The minimum atomic E-state index is -0.202. The van der Waals surface area contributed by atoms with E-state index in [1.165, 1.54) is 0 Å². The largest absolute Gasteiger partial charge is 0.409 e. The number of amides is 1. The van der Waals surface area contributed by atoms with Gasteiger partial charge in [0.15, 0.2) is 5.84 Å². The first-order valence-corrected chi connectivity index (χ1v) is 6.96. The molecule has 4 N–H and O–H groups in total. The molecular formula is C15H14BrN3O2. The van der Waals surface area contributed by atoms with Crippen LogP contribution in [0.4, 0.5) is 5.69 Å². The van der Waals surface area contributed by atoms with Gasteiger partial charge in [0.1, 0.15) is 0 Å². The van der Waals surface area contributed by atoms with Crippen molar-refractivity contribution in [2.75, 3.05) is 5.32 Å². The maximum absolute atomic E-state index is 12.1. The van der Waals surface area contributed by atoms with Crippen LogP contribution in [0.3, 0.4) is 0 Å². The van der Waals surface area contributed by atoms with Crippen molar-refractivity contribution in [1.82, 2.24) is 0 Å². The van der Waals surface area contributed by atoms with Crippen molar-refractivity contribution >= 4 is 33.4 Å². The maximum Gasteiger partial charge on any atom is 0.255 e. The summed E-state index contributed by atoms with van der Waals surface area (Å²) in [6, 6.07) is 12.3. The standard InChI is InChI=1S/C15H14BrN3O2/c1-9-2-4-10(5-3-9)15(20)18-13-7-6-11(8-12(13)16)14(17)19-21/h2-8,21H,1H3,(H2,17,19)(H,18,20). The zero-order valence-corrected chi connectivity index (χ0v) is 12.9. The third kappa shape index (κ3) is 3.61. The molecule has 2 rings (SSSR count). The number of aryl methyl sites for hydroxylation is 1. The van der Waals surface area contributed by atoms with E-state index < -0.39 is 0 Å². The van der Waals surface area contributed by atoms with Crippen molar-refractivity contribution in [2.24, 2.45) is 10.9 Å². The zero-order valence-electron chi connectivity index (χ0n) is 11.3. The zero-order chi connectivity index (χ0) is 15.4. The summed E-state index contributed by atoms with van der Waals surface area (Å²) in [4.78, 5) is 12.1. The van der Waals surface area contributed by atoms with Crippen LogP contribution >= 0.6 is 15.9 Å². The van der Waals surface area contributed by atoms with Crippen molar-refractivity contribution in [3.63, 3.8) is 0 Å². The fourth-order valence-electron chi connectivity index (χ4n) is 1.73. The molecule has 0 aliphatic carbocycles. The van der Waals surface area contributed by atoms with E-state index >= 15 is 0 Å². The number of amidine groups is 1. The first-order chi connectivity index (χ1) is 10.0. The topological polar surface area (TPSA) is 87.7 Å². The Morgan fingerprint density at radius 3 is 2.38 bits per heavy atom. The summed E-state index contributed by atoms with van der Waals surface area (Å²) in [6.07, 6.45) is 0. The smallest absolute Gasteiger partial charge is 0.255 e. The molecule has 2 aromatic carbocycles. The van der Waals surface area contributed by atoms with Crippen LogP contribution in [0.25, 0.3) is 0 Å². The van der Waals surface area contributed by atoms with Crippen LogP contribution in [-0.2, 0) is 0 Å². The Labute approximate surface area is 130 Å². The van der Waals surface area contributed by atoms with Crippen molar-refractivity contribution < 1.29 is 10.0 Å².